The van der Waals surface area contributed by atoms with Gasteiger partial charge in [0.25, 0.3) is 0 Å². The molecule has 1 aromatic carbocycles. The molecule has 0 radical (unpaired) electrons. The van der Waals surface area contributed by atoms with Gasteiger partial charge in [0.2, 0.25) is 0 Å². The van der Waals surface area contributed by atoms with Crippen molar-refractivity contribution in [2.75, 3.05) is 18.5 Å². The fourth-order valence-electron chi connectivity index (χ4n) is 2.32. The Morgan fingerprint density at radius 3 is 3.06 bits per heavy atom. The molecule has 0 fully saturated rings. The van der Waals surface area contributed by atoms with E-state index in [1.165, 1.54) is 6.07 Å². The van der Waals surface area contributed by atoms with Crippen molar-refractivity contribution in [1.29, 1.82) is 0 Å². The zero-order valence-electron chi connectivity index (χ0n) is 9.11. The van der Waals surface area contributed by atoms with Crippen molar-refractivity contribution in [1.82, 2.24) is 0 Å². The van der Waals surface area contributed by atoms with E-state index in [9.17, 15) is 9.18 Å². The molecule has 2 rings (SSSR count). The van der Waals surface area contributed by atoms with Gasteiger partial charge < -0.3 is 10.0 Å². The normalized spacial score (nSPS) is 18.6. The minimum Gasteiger partial charge on any atom is -0.481 e. The second kappa shape index (κ2) is 4.12. The number of carbonyl (C=O) groups is 1. The number of anilines is 1. The fourth-order valence-corrected chi connectivity index (χ4v) is 2.32. The molecule has 0 saturated carbocycles. The number of aliphatic carboxylic acids is 1. The maximum atomic E-state index is 13.7. The fraction of sp³-hybridized carbons (Fsp3) is 0.417. The molecule has 1 aliphatic rings. The summed E-state index contributed by atoms with van der Waals surface area (Å²) in [7, 11) is 1.90. The molecule has 3 nitrogen and oxygen atoms in total. The molecule has 0 aliphatic carbocycles. The van der Waals surface area contributed by atoms with Gasteiger partial charge in [-0.25, -0.2) is 4.39 Å². The lowest BCUT2D eigenvalue weighted by molar-refractivity contribution is -0.137. The summed E-state index contributed by atoms with van der Waals surface area (Å²) >= 11 is 0. The summed E-state index contributed by atoms with van der Waals surface area (Å²) in [5, 5.41) is 8.65. The third kappa shape index (κ3) is 1.87. The van der Waals surface area contributed by atoms with E-state index in [1.54, 1.807) is 6.07 Å². The van der Waals surface area contributed by atoms with Crippen LogP contribution in [0.15, 0.2) is 18.2 Å². The van der Waals surface area contributed by atoms with Crippen molar-refractivity contribution < 1.29 is 14.3 Å². The number of fused-ring (bicyclic) bond motifs is 1. The highest BCUT2D eigenvalue weighted by Crippen LogP contribution is 2.39. The number of rotatable bonds is 3. The van der Waals surface area contributed by atoms with E-state index in [0.29, 0.717) is 18.5 Å². The molecule has 0 saturated heterocycles. The highest BCUT2D eigenvalue weighted by molar-refractivity contribution is 5.67. The molecule has 86 valence electrons. The number of benzene rings is 1. The summed E-state index contributed by atoms with van der Waals surface area (Å²) < 4.78 is 13.7. The number of carboxylic acid groups (broad SMARTS) is 1. The topological polar surface area (TPSA) is 40.5 Å². The summed E-state index contributed by atoms with van der Waals surface area (Å²) in [6.45, 7) is 0.698. The van der Waals surface area contributed by atoms with Gasteiger partial charge in [-0.1, -0.05) is 6.07 Å². The van der Waals surface area contributed by atoms with E-state index in [1.807, 2.05) is 18.0 Å². The average molecular weight is 223 g/mol. The molecule has 0 spiro atoms. The van der Waals surface area contributed by atoms with Crippen LogP contribution in [0.25, 0.3) is 0 Å². The molecule has 0 aromatic heterocycles. The second-order valence-electron chi connectivity index (χ2n) is 4.18. The maximum Gasteiger partial charge on any atom is 0.303 e. The second-order valence-corrected chi connectivity index (χ2v) is 4.18. The number of nitrogens with zero attached hydrogens (tertiary/aromatic N) is 1. The highest BCUT2D eigenvalue weighted by Gasteiger charge is 2.29. The van der Waals surface area contributed by atoms with Crippen LogP contribution < -0.4 is 4.90 Å². The molecule has 1 aliphatic heterocycles. The third-order valence-corrected chi connectivity index (χ3v) is 3.05. The van der Waals surface area contributed by atoms with Crippen molar-refractivity contribution in [3.63, 3.8) is 0 Å². The lowest BCUT2D eigenvalue weighted by Crippen LogP contribution is -2.15. The Bertz CT molecular complexity index is 419. The average Bonchev–Trinajstić information content (AvgIpc) is 2.55. The van der Waals surface area contributed by atoms with E-state index >= 15 is 0 Å². The minimum absolute atomic E-state index is 0.00250. The SMILES string of the molecule is CN1CC(CCC(=O)O)c2c(F)cccc21. The Balaban J connectivity index is 2.24. The van der Waals surface area contributed by atoms with Gasteiger partial charge in [0, 0.05) is 37.2 Å². The summed E-state index contributed by atoms with van der Waals surface area (Å²) in [6.07, 6.45) is 0.583. The molecular weight excluding hydrogens is 209 g/mol. The molecule has 1 unspecified atom stereocenters. The van der Waals surface area contributed by atoms with Crippen molar-refractivity contribution in [3.05, 3.63) is 29.6 Å². The molecular formula is C12H14FNO2. The Hall–Kier alpha value is -1.58. The summed E-state index contributed by atoms with van der Waals surface area (Å²) in [5.74, 6) is -1.05. The molecule has 0 amide bonds. The van der Waals surface area contributed by atoms with Crippen LogP contribution >= 0.6 is 0 Å². The number of hydrogen-bond donors (Lipinski definition) is 1. The molecule has 4 heteroatoms. The molecule has 0 bridgehead atoms. The quantitative estimate of drug-likeness (QED) is 0.854. The van der Waals surface area contributed by atoms with E-state index in [-0.39, 0.29) is 18.2 Å². The maximum absolute atomic E-state index is 13.7. The van der Waals surface area contributed by atoms with Crippen LogP contribution in [0.4, 0.5) is 10.1 Å². The Morgan fingerprint density at radius 1 is 1.62 bits per heavy atom. The van der Waals surface area contributed by atoms with Gasteiger partial charge in [-0.15, -0.1) is 0 Å². The molecule has 1 atom stereocenters. The molecule has 1 aromatic rings. The van der Waals surface area contributed by atoms with E-state index in [4.69, 9.17) is 5.11 Å². The first-order valence-electron chi connectivity index (χ1n) is 5.31. The standard InChI is InChI=1S/C12H14FNO2/c1-14-7-8(5-6-11(15)16)12-9(13)3-2-4-10(12)14/h2-4,8H,5-7H2,1H3,(H,15,16). The lowest BCUT2D eigenvalue weighted by Gasteiger charge is -2.11. The van der Waals surface area contributed by atoms with Crippen LogP contribution in [0, 0.1) is 5.82 Å². The highest BCUT2D eigenvalue weighted by atomic mass is 19.1. The first-order chi connectivity index (χ1) is 7.59. The minimum atomic E-state index is -0.826. The number of hydrogen-bond acceptors (Lipinski definition) is 2. The van der Waals surface area contributed by atoms with E-state index in [0.717, 1.165) is 5.69 Å². The summed E-state index contributed by atoms with van der Waals surface area (Å²) in [5.41, 5.74) is 1.56. The van der Waals surface area contributed by atoms with Gasteiger partial charge in [0.15, 0.2) is 0 Å². The number of likely N-dealkylation sites (N-methyl/N-ethyl adjacent to an activating group) is 1. The van der Waals surface area contributed by atoms with Gasteiger partial charge >= 0.3 is 5.97 Å². The van der Waals surface area contributed by atoms with Crippen LogP contribution in [-0.4, -0.2) is 24.7 Å². The summed E-state index contributed by atoms with van der Waals surface area (Å²) in [4.78, 5) is 12.5. The van der Waals surface area contributed by atoms with Gasteiger partial charge in [-0.3, -0.25) is 4.79 Å². The van der Waals surface area contributed by atoms with Crippen LogP contribution in [0.5, 0.6) is 0 Å². The van der Waals surface area contributed by atoms with Crippen LogP contribution in [-0.2, 0) is 4.79 Å². The first kappa shape index (κ1) is 10.9. The van der Waals surface area contributed by atoms with Gasteiger partial charge in [-0.05, 0) is 18.6 Å². The zero-order chi connectivity index (χ0) is 11.7. The predicted molar refractivity (Wildman–Crippen MR) is 59.3 cm³/mol. The molecule has 16 heavy (non-hydrogen) atoms. The van der Waals surface area contributed by atoms with E-state index in [2.05, 4.69) is 0 Å². The van der Waals surface area contributed by atoms with Crippen molar-refractivity contribution >= 4 is 11.7 Å². The third-order valence-electron chi connectivity index (χ3n) is 3.05. The van der Waals surface area contributed by atoms with Crippen molar-refractivity contribution in [3.8, 4) is 0 Å². The van der Waals surface area contributed by atoms with Crippen molar-refractivity contribution in [2.24, 2.45) is 0 Å². The lowest BCUT2D eigenvalue weighted by atomic mass is 9.96. The Morgan fingerprint density at radius 2 is 2.38 bits per heavy atom. The van der Waals surface area contributed by atoms with Crippen LogP contribution in [0.3, 0.4) is 0 Å². The zero-order valence-corrected chi connectivity index (χ0v) is 9.11. The smallest absolute Gasteiger partial charge is 0.303 e. The van der Waals surface area contributed by atoms with Gasteiger partial charge in [0.1, 0.15) is 5.82 Å². The van der Waals surface area contributed by atoms with Gasteiger partial charge in [-0.2, -0.15) is 0 Å². The monoisotopic (exact) mass is 223 g/mol. The largest absolute Gasteiger partial charge is 0.481 e. The predicted octanol–water partition coefficient (Wildman–Crippen LogP) is 2.22. The molecule has 1 N–H and O–H groups in total. The summed E-state index contributed by atoms with van der Waals surface area (Å²) in [6, 6.07) is 5.00. The van der Waals surface area contributed by atoms with E-state index < -0.39 is 5.97 Å². The van der Waals surface area contributed by atoms with Crippen LogP contribution in [0.1, 0.15) is 24.3 Å². The van der Waals surface area contributed by atoms with Crippen LogP contribution in [0.2, 0.25) is 0 Å². The Kier molecular flexibility index (Phi) is 2.81. The Labute approximate surface area is 93.5 Å². The molecule has 1 heterocycles. The first-order valence-corrected chi connectivity index (χ1v) is 5.31. The number of halogens is 1. The number of carboxylic acids is 1. The van der Waals surface area contributed by atoms with Gasteiger partial charge in [0.05, 0.1) is 0 Å². The van der Waals surface area contributed by atoms with Crippen molar-refractivity contribution in [2.45, 2.75) is 18.8 Å².